The number of rotatable bonds is 3. The van der Waals surface area contributed by atoms with E-state index in [1.54, 1.807) is 4.90 Å². The molecule has 0 aromatic heterocycles. The Labute approximate surface area is 127 Å². The van der Waals surface area contributed by atoms with E-state index in [0.29, 0.717) is 18.0 Å². The molecule has 0 bridgehead atoms. The minimum absolute atomic E-state index is 0.242. The van der Waals surface area contributed by atoms with Gasteiger partial charge in [0.1, 0.15) is 31.1 Å². The van der Waals surface area contributed by atoms with E-state index in [4.69, 9.17) is 4.74 Å². The standard InChI is InChI=1S/C12H18N4O4S/c1-2-12(19)9-10(13-4-15-12)16(5-14-9)11-8(21)7(18)6(3-17)20-11/h4,6-8,11,17-19,21H,2-3,5H2,1H3/t6-,7-,8-,11-,12?/m1/s1. The molecule has 5 atom stereocenters. The van der Waals surface area contributed by atoms with Crippen LogP contribution in [0.2, 0.25) is 0 Å². The summed E-state index contributed by atoms with van der Waals surface area (Å²) in [5.41, 5.74) is -0.968. The quantitative estimate of drug-likeness (QED) is 0.480. The zero-order valence-electron chi connectivity index (χ0n) is 11.5. The van der Waals surface area contributed by atoms with Crippen molar-refractivity contribution in [3.8, 4) is 0 Å². The molecule has 3 aliphatic rings. The first kappa shape index (κ1) is 14.9. The highest BCUT2D eigenvalue weighted by Crippen LogP contribution is 2.32. The van der Waals surface area contributed by atoms with Gasteiger partial charge in [0.15, 0.2) is 5.84 Å². The van der Waals surface area contributed by atoms with Crippen LogP contribution in [0.3, 0.4) is 0 Å². The smallest absolute Gasteiger partial charge is 0.204 e. The average Bonchev–Trinajstić information content (AvgIpc) is 3.03. The lowest BCUT2D eigenvalue weighted by atomic mass is 10.0. The largest absolute Gasteiger partial charge is 0.394 e. The number of thiol groups is 1. The van der Waals surface area contributed by atoms with Crippen molar-refractivity contribution in [1.82, 2.24) is 4.90 Å². The third-order valence-electron chi connectivity index (χ3n) is 4.01. The SMILES string of the molecule is CCC1(O)N=CN=C2C1=NCN2[C@@H]1O[C@H](CO)[C@@H](O)[C@H]1S. The van der Waals surface area contributed by atoms with Gasteiger partial charge in [0.25, 0.3) is 0 Å². The number of hydrogen-bond acceptors (Lipinski definition) is 9. The third-order valence-corrected chi connectivity index (χ3v) is 4.57. The van der Waals surface area contributed by atoms with Crippen LogP contribution in [0.15, 0.2) is 15.0 Å². The van der Waals surface area contributed by atoms with E-state index < -0.39 is 29.4 Å². The van der Waals surface area contributed by atoms with Crippen LogP contribution in [0.4, 0.5) is 0 Å². The van der Waals surface area contributed by atoms with Gasteiger partial charge >= 0.3 is 0 Å². The number of fused-ring (bicyclic) bond motifs is 1. The number of aliphatic hydroxyl groups is 3. The Morgan fingerprint density at radius 1 is 1.57 bits per heavy atom. The van der Waals surface area contributed by atoms with Crippen LogP contribution in [0.25, 0.3) is 0 Å². The van der Waals surface area contributed by atoms with E-state index in [0.717, 1.165) is 0 Å². The van der Waals surface area contributed by atoms with Gasteiger partial charge in [-0.2, -0.15) is 12.6 Å². The maximum absolute atomic E-state index is 10.4. The van der Waals surface area contributed by atoms with Crippen LogP contribution in [0.1, 0.15) is 13.3 Å². The van der Waals surface area contributed by atoms with Crippen molar-refractivity contribution in [3.63, 3.8) is 0 Å². The Morgan fingerprint density at radius 2 is 2.33 bits per heavy atom. The number of hydrogen-bond donors (Lipinski definition) is 4. The summed E-state index contributed by atoms with van der Waals surface area (Å²) >= 11 is 4.36. The van der Waals surface area contributed by atoms with Crippen LogP contribution in [-0.4, -0.2) is 80.8 Å². The summed E-state index contributed by atoms with van der Waals surface area (Å²) in [6.45, 7) is 1.76. The maximum atomic E-state index is 10.4. The third kappa shape index (κ3) is 2.20. The van der Waals surface area contributed by atoms with Gasteiger partial charge in [-0.1, -0.05) is 6.92 Å². The Balaban J connectivity index is 1.85. The predicted octanol–water partition coefficient (Wildman–Crippen LogP) is -1.38. The number of ether oxygens (including phenoxy) is 1. The molecule has 1 unspecified atom stereocenters. The first-order valence-corrected chi connectivity index (χ1v) is 7.31. The second-order valence-corrected chi connectivity index (χ2v) is 5.81. The molecule has 116 valence electrons. The van der Waals surface area contributed by atoms with E-state index >= 15 is 0 Å². The van der Waals surface area contributed by atoms with Crippen molar-refractivity contribution < 1.29 is 20.1 Å². The molecule has 3 heterocycles. The second kappa shape index (κ2) is 5.33. The van der Waals surface area contributed by atoms with Crippen molar-refractivity contribution >= 4 is 30.5 Å². The fraction of sp³-hybridized carbons (Fsp3) is 0.750. The molecule has 0 aromatic carbocycles. The van der Waals surface area contributed by atoms with Crippen LogP contribution in [0, 0.1) is 0 Å². The zero-order chi connectivity index (χ0) is 15.2. The molecule has 0 radical (unpaired) electrons. The molecule has 0 aromatic rings. The van der Waals surface area contributed by atoms with Crippen molar-refractivity contribution in [2.24, 2.45) is 15.0 Å². The summed E-state index contributed by atoms with van der Waals surface area (Å²) in [5.74, 6) is 0.476. The fourth-order valence-corrected chi connectivity index (χ4v) is 3.12. The van der Waals surface area contributed by atoms with E-state index in [9.17, 15) is 15.3 Å². The first-order chi connectivity index (χ1) is 10.0. The fourth-order valence-electron chi connectivity index (χ4n) is 2.70. The summed E-state index contributed by atoms with van der Waals surface area (Å²) in [5, 5.41) is 29.1. The number of nitrogens with zero attached hydrogens (tertiary/aromatic N) is 4. The lowest BCUT2D eigenvalue weighted by molar-refractivity contribution is -0.0557. The molecule has 9 heteroatoms. The van der Waals surface area contributed by atoms with E-state index in [1.165, 1.54) is 6.34 Å². The van der Waals surface area contributed by atoms with Gasteiger partial charge in [-0.3, -0.25) is 4.99 Å². The number of amidine groups is 1. The van der Waals surface area contributed by atoms with E-state index in [1.807, 2.05) is 6.92 Å². The van der Waals surface area contributed by atoms with Gasteiger partial charge in [0, 0.05) is 6.42 Å². The van der Waals surface area contributed by atoms with Gasteiger partial charge in [-0.25, -0.2) is 9.98 Å². The van der Waals surface area contributed by atoms with Crippen molar-refractivity contribution in [3.05, 3.63) is 0 Å². The van der Waals surface area contributed by atoms with Crippen molar-refractivity contribution in [1.29, 1.82) is 0 Å². The summed E-state index contributed by atoms with van der Waals surface area (Å²) in [7, 11) is 0. The molecule has 3 N–H and O–H groups in total. The molecular formula is C12H18N4O4S. The van der Waals surface area contributed by atoms with Gasteiger partial charge in [0.2, 0.25) is 5.72 Å². The van der Waals surface area contributed by atoms with Crippen LogP contribution < -0.4 is 0 Å². The number of aliphatic imine (C=N–C) groups is 3. The molecule has 0 spiro atoms. The summed E-state index contributed by atoms with van der Waals surface area (Å²) in [4.78, 5) is 14.2. The minimum atomic E-state index is -1.37. The van der Waals surface area contributed by atoms with Gasteiger partial charge in [-0.05, 0) is 0 Å². The minimum Gasteiger partial charge on any atom is -0.394 e. The molecule has 3 aliphatic heterocycles. The highest BCUT2D eigenvalue weighted by Gasteiger charge is 2.49. The van der Waals surface area contributed by atoms with Crippen LogP contribution in [0.5, 0.6) is 0 Å². The summed E-state index contributed by atoms with van der Waals surface area (Å²) < 4.78 is 5.64. The van der Waals surface area contributed by atoms with Crippen LogP contribution in [-0.2, 0) is 4.74 Å². The second-order valence-electron chi connectivity index (χ2n) is 5.21. The predicted molar refractivity (Wildman–Crippen MR) is 79.8 cm³/mol. The van der Waals surface area contributed by atoms with E-state index in [-0.39, 0.29) is 13.3 Å². The normalized spacial score (nSPS) is 42.0. The average molecular weight is 314 g/mol. The molecule has 0 saturated carbocycles. The highest BCUT2D eigenvalue weighted by atomic mass is 32.1. The molecule has 1 fully saturated rings. The topological polar surface area (TPSA) is 110 Å². The molecule has 0 amide bonds. The lowest BCUT2D eigenvalue weighted by Crippen LogP contribution is -2.50. The molecule has 3 rings (SSSR count). The number of aliphatic hydroxyl groups excluding tert-OH is 2. The Hall–Kier alpha value is -1.00. The van der Waals surface area contributed by atoms with Gasteiger partial charge < -0.3 is 25.0 Å². The molecular weight excluding hydrogens is 296 g/mol. The lowest BCUT2D eigenvalue weighted by Gasteiger charge is -2.31. The Morgan fingerprint density at radius 3 is 2.95 bits per heavy atom. The van der Waals surface area contributed by atoms with Gasteiger partial charge in [0.05, 0.1) is 18.0 Å². The maximum Gasteiger partial charge on any atom is 0.204 e. The van der Waals surface area contributed by atoms with E-state index in [2.05, 4.69) is 27.6 Å². The van der Waals surface area contributed by atoms with Gasteiger partial charge in [-0.15, -0.1) is 0 Å². The first-order valence-electron chi connectivity index (χ1n) is 6.80. The molecule has 1 saturated heterocycles. The zero-order valence-corrected chi connectivity index (χ0v) is 12.4. The Bertz CT molecular complexity index is 525. The van der Waals surface area contributed by atoms with Crippen LogP contribution >= 0.6 is 12.6 Å². The molecule has 8 nitrogen and oxygen atoms in total. The van der Waals surface area contributed by atoms with Crippen molar-refractivity contribution in [2.75, 3.05) is 13.3 Å². The monoisotopic (exact) mass is 314 g/mol. The van der Waals surface area contributed by atoms with Crippen molar-refractivity contribution in [2.45, 2.75) is 42.8 Å². The Kier molecular flexibility index (Phi) is 3.78. The molecule has 21 heavy (non-hydrogen) atoms. The highest BCUT2D eigenvalue weighted by molar-refractivity contribution is 7.81. The summed E-state index contributed by atoms with van der Waals surface area (Å²) in [6.07, 6.45) is -0.459. The summed E-state index contributed by atoms with van der Waals surface area (Å²) in [6, 6.07) is 0. The molecule has 0 aliphatic carbocycles.